The van der Waals surface area contributed by atoms with Crippen molar-refractivity contribution in [1.82, 2.24) is 10.3 Å². The summed E-state index contributed by atoms with van der Waals surface area (Å²) in [4.78, 5) is 41.0. The normalized spacial score (nSPS) is 11.8. The van der Waals surface area contributed by atoms with Crippen LogP contribution >= 0.6 is 0 Å². The second-order valence-electron chi connectivity index (χ2n) is 7.65. The lowest BCUT2D eigenvalue weighted by molar-refractivity contribution is -0.127. The minimum absolute atomic E-state index is 0.0688. The van der Waals surface area contributed by atoms with Crippen LogP contribution < -0.4 is 16.0 Å². The van der Waals surface area contributed by atoms with Crippen LogP contribution in [0, 0.1) is 11.8 Å². The van der Waals surface area contributed by atoms with Gasteiger partial charge in [0.05, 0.1) is 0 Å². The maximum absolute atomic E-state index is 12.7. The molecule has 1 aromatic carbocycles. The molecule has 0 aliphatic carbocycles. The molecule has 3 N–H and O–H groups in total. The van der Waals surface area contributed by atoms with E-state index in [0.717, 1.165) is 0 Å². The maximum Gasteiger partial charge on any atom is 0.255 e. The average Bonchev–Trinajstić information content (AvgIpc) is 2.66. The zero-order chi connectivity index (χ0) is 21.4. The number of hydrogen-bond donors (Lipinski definition) is 3. The molecular formula is C22H28N4O3. The number of nitrogens with zero attached hydrogens (tertiary/aromatic N) is 1. The lowest BCUT2D eigenvalue weighted by Gasteiger charge is -2.22. The molecule has 2 rings (SSSR count). The summed E-state index contributed by atoms with van der Waals surface area (Å²) in [5, 5.41) is 8.42. The van der Waals surface area contributed by atoms with Gasteiger partial charge in [0.25, 0.3) is 5.91 Å². The Kier molecular flexibility index (Phi) is 7.88. The van der Waals surface area contributed by atoms with Gasteiger partial charge in [-0.2, -0.15) is 0 Å². The minimum atomic E-state index is -0.642. The van der Waals surface area contributed by atoms with Gasteiger partial charge in [-0.15, -0.1) is 0 Å². The van der Waals surface area contributed by atoms with Crippen LogP contribution in [0.15, 0.2) is 48.8 Å². The Morgan fingerprint density at radius 2 is 1.55 bits per heavy atom. The van der Waals surface area contributed by atoms with Crippen molar-refractivity contribution in [2.45, 2.75) is 40.2 Å². The highest BCUT2D eigenvalue weighted by molar-refractivity contribution is 6.04. The van der Waals surface area contributed by atoms with Crippen LogP contribution in [0.25, 0.3) is 0 Å². The van der Waals surface area contributed by atoms with Gasteiger partial charge in [-0.1, -0.05) is 33.8 Å². The van der Waals surface area contributed by atoms with Gasteiger partial charge < -0.3 is 16.0 Å². The zero-order valence-electron chi connectivity index (χ0n) is 17.2. The average molecular weight is 396 g/mol. The molecule has 2 aromatic rings. The van der Waals surface area contributed by atoms with E-state index >= 15 is 0 Å². The Balaban J connectivity index is 2.04. The van der Waals surface area contributed by atoms with Crippen LogP contribution in [0.2, 0.25) is 0 Å². The number of benzene rings is 1. The molecule has 7 nitrogen and oxygen atoms in total. The SMILES string of the molecule is CC(C)CC(=O)N[C@H](C(=O)Nc1cccc(NC(=O)c2ccncc2)c1)C(C)C. The summed E-state index contributed by atoms with van der Waals surface area (Å²) in [6, 6.07) is 9.47. The first-order chi connectivity index (χ1) is 13.8. The molecule has 0 fully saturated rings. The summed E-state index contributed by atoms with van der Waals surface area (Å²) in [5.41, 5.74) is 1.57. The Morgan fingerprint density at radius 3 is 2.14 bits per heavy atom. The van der Waals surface area contributed by atoms with Gasteiger partial charge in [0.1, 0.15) is 6.04 Å². The van der Waals surface area contributed by atoms with Crippen molar-refractivity contribution in [2.24, 2.45) is 11.8 Å². The third-order valence-electron chi connectivity index (χ3n) is 4.19. The van der Waals surface area contributed by atoms with E-state index in [-0.39, 0.29) is 29.6 Å². The van der Waals surface area contributed by atoms with Gasteiger partial charge in [-0.05, 0) is 42.2 Å². The highest BCUT2D eigenvalue weighted by Crippen LogP contribution is 2.17. The highest BCUT2D eigenvalue weighted by Gasteiger charge is 2.24. The summed E-state index contributed by atoms with van der Waals surface area (Å²) in [6.07, 6.45) is 3.46. The van der Waals surface area contributed by atoms with Crippen LogP contribution in [0.3, 0.4) is 0 Å². The number of carbonyl (C=O) groups excluding carboxylic acids is 3. The van der Waals surface area contributed by atoms with E-state index < -0.39 is 6.04 Å². The Bertz CT molecular complexity index is 850. The van der Waals surface area contributed by atoms with Crippen LogP contribution in [-0.2, 0) is 9.59 Å². The van der Waals surface area contributed by atoms with Gasteiger partial charge in [-0.25, -0.2) is 0 Å². The van der Waals surface area contributed by atoms with Crippen molar-refractivity contribution in [3.63, 3.8) is 0 Å². The number of amides is 3. The van der Waals surface area contributed by atoms with Gasteiger partial charge in [0.2, 0.25) is 11.8 Å². The Labute approximate surface area is 171 Å². The summed E-state index contributed by atoms with van der Waals surface area (Å²) in [5.74, 6) is -0.564. The lowest BCUT2D eigenvalue weighted by Crippen LogP contribution is -2.47. The number of aromatic nitrogens is 1. The molecule has 0 bridgehead atoms. The number of pyridine rings is 1. The molecule has 1 aromatic heterocycles. The molecule has 29 heavy (non-hydrogen) atoms. The third-order valence-corrected chi connectivity index (χ3v) is 4.19. The van der Waals surface area contributed by atoms with Crippen molar-refractivity contribution in [3.05, 3.63) is 54.4 Å². The first-order valence-corrected chi connectivity index (χ1v) is 9.68. The molecule has 0 saturated carbocycles. The molecule has 7 heteroatoms. The molecule has 1 heterocycles. The molecule has 3 amide bonds. The van der Waals surface area contributed by atoms with Gasteiger partial charge in [0, 0.05) is 35.8 Å². The molecule has 0 unspecified atom stereocenters. The van der Waals surface area contributed by atoms with Crippen molar-refractivity contribution >= 4 is 29.1 Å². The third kappa shape index (κ3) is 7.03. The fourth-order valence-corrected chi connectivity index (χ4v) is 2.74. The van der Waals surface area contributed by atoms with Crippen LogP contribution in [0.5, 0.6) is 0 Å². The second kappa shape index (κ2) is 10.4. The van der Waals surface area contributed by atoms with Crippen molar-refractivity contribution in [1.29, 1.82) is 0 Å². The van der Waals surface area contributed by atoms with E-state index in [1.54, 1.807) is 48.8 Å². The number of anilines is 2. The van der Waals surface area contributed by atoms with E-state index in [2.05, 4.69) is 20.9 Å². The monoisotopic (exact) mass is 396 g/mol. The number of rotatable bonds is 8. The molecule has 154 valence electrons. The summed E-state index contributed by atoms with van der Waals surface area (Å²) < 4.78 is 0. The summed E-state index contributed by atoms with van der Waals surface area (Å²) >= 11 is 0. The van der Waals surface area contributed by atoms with Crippen LogP contribution in [0.4, 0.5) is 11.4 Å². The van der Waals surface area contributed by atoms with Crippen molar-refractivity contribution in [3.8, 4) is 0 Å². The summed E-state index contributed by atoms with van der Waals surface area (Å²) in [6.45, 7) is 7.67. The molecule has 0 aliphatic heterocycles. The van der Waals surface area contributed by atoms with Crippen molar-refractivity contribution < 1.29 is 14.4 Å². The molecule has 1 atom stereocenters. The minimum Gasteiger partial charge on any atom is -0.344 e. The number of hydrogen-bond acceptors (Lipinski definition) is 4. The second-order valence-corrected chi connectivity index (χ2v) is 7.65. The zero-order valence-corrected chi connectivity index (χ0v) is 17.2. The molecule has 0 aliphatic rings. The smallest absolute Gasteiger partial charge is 0.255 e. The van der Waals surface area contributed by atoms with Crippen LogP contribution in [-0.4, -0.2) is 28.7 Å². The number of carbonyl (C=O) groups is 3. The topological polar surface area (TPSA) is 100 Å². The lowest BCUT2D eigenvalue weighted by atomic mass is 10.0. The molecular weight excluding hydrogens is 368 g/mol. The first kappa shape index (κ1) is 22.1. The van der Waals surface area contributed by atoms with Gasteiger partial charge in [-0.3, -0.25) is 19.4 Å². The Morgan fingerprint density at radius 1 is 0.931 bits per heavy atom. The van der Waals surface area contributed by atoms with E-state index in [1.165, 1.54) is 0 Å². The predicted octanol–water partition coefficient (Wildman–Crippen LogP) is 3.46. The van der Waals surface area contributed by atoms with Gasteiger partial charge in [0.15, 0.2) is 0 Å². The first-order valence-electron chi connectivity index (χ1n) is 9.68. The van der Waals surface area contributed by atoms with Crippen molar-refractivity contribution in [2.75, 3.05) is 10.6 Å². The van der Waals surface area contributed by atoms with E-state index in [9.17, 15) is 14.4 Å². The Hall–Kier alpha value is -3.22. The van der Waals surface area contributed by atoms with E-state index in [4.69, 9.17) is 0 Å². The van der Waals surface area contributed by atoms with Crippen LogP contribution in [0.1, 0.15) is 44.5 Å². The standard InChI is InChI=1S/C22H28N4O3/c1-14(2)12-19(27)26-20(15(3)4)22(29)25-18-7-5-6-17(13-18)24-21(28)16-8-10-23-11-9-16/h5-11,13-15,20H,12H2,1-4H3,(H,24,28)(H,25,29)(H,26,27)/t20-/m0/s1. The quantitative estimate of drug-likeness (QED) is 0.636. The highest BCUT2D eigenvalue weighted by atomic mass is 16.2. The molecule has 0 radical (unpaired) electrons. The molecule has 0 saturated heterocycles. The maximum atomic E-state index is 12.7. The fraction of sp³-hybridized carbons (Fsp3) is 0.364. The fourth-order valence-electron chi connectivity index (χ4n) is 2.74. The largest absolute Gasteiger partial charge is 0.344 e. The number of nitrogens with one attached hydrogen (secondary N) is 3. The molecule has 0 spiro atoms. The van der Waals surface area contributed by atoms with Gasteiger partial charge >= 0.3 is 0 Å². The van der Waals surface area contributed by atoms with E-state index in [1.807, 2.05) is 27.7 Å². The van der Waals surface area contributed by atoms with E-state index in [0.29, 0.717) is 23.4 Å². The summed E-state index contributed by atoms with van der Waals surface area (Å²) in [7, 11) is 0. The predicted molar refractivity (Wildman–Crippen MR) is 113 cm³/mol.